The molecule has 0 radical (unpaired) electrons. The molecule has 3 N–H and O–H groups in total. The minimum atomic E-state index is -0.674. The van der Waals surface area contributed by atoms with Gasteiger partial charge in [0, 0.05) is 10.4 Å². The molecule has 0 saturated heterocycles. The molecule has 32 heavy (non-hydrogen) atoms. The van der Waals surface area contributed by atoms with Crippen LogP contribution in [0.2, 0.25) is 0 Å². The third kappa shape index (κ3) is 4.48. The highest BCUT2D eigenvalue weighted by Crippen LogP contribution is 2.55. The molecule has 6 rings (SSSR count). The van der Waals surface area contributed by atoms with Crippen LogP contribution in [0.5, 0.6) is 0 Å². The quantitative estimate of drug-likeness (QED) is 0.586. The predicted octanol–water partition coefficient (Wildman–Crippen LogP) is 2.83. The number of para-hydroxylation sites is 1. The molecule has 9 heteroatoms. The number of ether oxygens (including phenoxy) is 1. The van der Waals surface area contributed by atoms with E-state index in [-0.39, 0.29) is 17.9 Å². The van der Waals surface area contributed by atoms with Crippen molar-refractivity contribution in [2.45, 2.75) is 60.6 Å². The van der Waals surface area contributed by atoms with Crippen molar-refractivity contribution in [2.24, 2.45) is 17.8 Å². The smallest absolute Gasteiger partial charge is 0.321 e. The number of anilines is 1. The van der Waals surface area contributed by atoms with Gasteiger partial charge in [0.15, 0.2) is 6.61 Å². The van der Waals surface area contributed by atoms with E-state index in [1.807, 2.05) is 18.2 Å². The number of benzene rings is 1. The molecule has 1 aromatic rings. The molecule has 1 atom stereocenters. The molecule has 1 unspecified atom stereocenters. The van der Waals surface area contributed by atoms with Gasteiger partial charge in [-0.1, -0.05) is 12.1 Å². The second-order valence-corrected chi connectivity index (χ2v) is 10.9. The number of amides is 4. The number of thioether (sulfide) groups is 1. The third-order valence-electron chi connectivity index (χ3n) is 7.09. The fraction of sp³-hybridized carbons (Fsp3) is 0.565. The van der Waals surface area contributed by atoms with Crippen molar-refractivity contribution in [1.29, 1.82) is 0 Å². The second kappa shape index (κ2) is 8.42. The van der Waals surface area contributed by atoms with Crippen LogP contribution >= 0.6 is 11.8 Å². The third-order valence-corrected chi connectivity index (χ3v) is 8.37. The topological polar surface area (TPSA) is 114 Å². The summed E-state index contributed by atoms with van der Waals surface area (Å²) in [5.74, 6) is 0.436. The lowest BCUT2D eigenvalue weighted by Gasteiger charge is -2.56. The summed E-state index contributed by atoms with van der Waals surface area (Å²) in [6.45, 7) is -0.553. The number of fused-ring (bicyclic) bond motifs is 1. The van der Waals surface area contributed by atoms with Crippen LogP contribution in [0.4, 0.5) is 10.5 Å². The number of hydrogen-bond donors (Lipinski definition) is 3. The molecule has 1 aliphatic heterocycles. The van der Waals surface area contributed by atoms with Gasteiger partial charge < -0.3 is 15.4 Å². The number of esters is 1. The summed E-state index contributed by atoms with van der Waals surface area (Å²) in [5, 5.41) is 7.48. The first-order valence-corrected chi connectivity index (χ1v) is 12.1. The molecule has 4 bridgehead atoms. The van der Waals surface area contributed by atoms with Gasteiger partial charge in [-0.05, 0) is 68.4 Å². The van der Waals surface area contributed by atoms with Crippen LogP contribution in [0.3, 0.4) is 0 Å². The average Bonchev–Trinajstić information content (AvgIpc) is 2.71. The summed E-state index contributed by atoms with van der Waals surface area (Å²) in [4.78, 5) is 49.8. The Morgan fingerprint density at radius 1 is 1.06 bits per heavy atom. The van der Waals surface area contributed by atoms with Gasteiger partial charge in [0.1, 0.15) is 0 Å². The molecular formula is C23H27N3O5S. The largest absolute Gasteiger partial charge is 0.456 e. The van der Waals surface area contributed by atoms with Crippen molar-refractivity contribution in [3.63, 3.8) is 0 Å². The zero-order chi connectivity index (χ0) is 22.3. The molecule has 4 fully saturated rings. The standard InChI is InChI=1S/C23H27N3O5S/c27-19(25-22(30)26-23-9-13-5-14(10-23)7-15(6-13)11-23)12-31-20(28)8-18-21(29)24-16-3-1-2-4-17(16)32-18/h1-4,13-15,18H,5-12H2,(H,24,29)(H2,25,26,27,30). The van der Waals surface area contributed by atoms with E-state index in [0.29, 0.717) is 17.8 Å². The molecule has 4 amide bonds. The number of nitrogens with one attached hydrogen (secondary N) is 3. The van der Waals surface area contributed by atoms with E-state index in [1.54, 1.807) is 6.07 Å². The van der Waals surface area contributed by atoms with Crippen LogP contribution < -0.4 is 16.0 Å². The summed E-state index contributed by atoms with van der Waals surface area (Å²) in [7, 11) is 0. The highest BCUT2D eigenvalue weighted by molar-refractivity contribution is 8.01. The van der Waals surface area contributed by atoms with E-state index < -0.39 is 29.8 Å². The van der Waals surface area contributed by atoms with Crippen LogP contribution in [-0.4, -0.2) is 41.2 Å². The Hall–Kier alpha value is -2.55. The van der Waals surface area contributed by atoms with Gasteiger partial charge in [-0.3, -0.25) is 19.7 Å². The van der Waals surface area contributed by atoms with E-state index >= 15 is 0 Å². The lowest BCUT2D eigenvalue weighted by Crippen LogP contribution is -2.62. The number of carbonyl (C=O) groups excluding carboxylic acids is 4. The van der Waals surface area contributed by atoms with E-state index in [1.165, 1.54) is 31.0 Å². The van der Waals surface area contributed by atoms with E-state index in [9.17, 15) is 19.2 Å². The van der Waals surface area contributed by atoms with Gasteiger partial charge in [-0.25, -0.2) is 4.79 Å². The normalized spacial score (nSPS) is 31.9. The monoisotopic (exact) mass is 457 g/mol. The van der Waals surface area contributed by atoms with Crippen LogP contribution in [-0.2, 0) is 19.1 Å². The lowest BCUT2D eigenvalue weighted by atomic mass is 9.53. The Morgan fingerprint density at radius 2 is 1.72 bits per heavy atom. The molecule has 1 heterocycles. The lowest BCUT2D eigenvalue weighted by molar-refractivity contribution is -0.148. The van der Waals surface area contributed by atoms with Crippen molar-refractivity contribution in [1.82, 2.24) is 10.6 Å². The maximum atomic E-state index is 12.4. The minimum Gasteiger partial charge on any atom is -0.456 e. The Kier molecular flexibility index (Phi) is 5.61. The zero-order valence-electron chi connectivity index (χ0n) is 17.7. The molecule has 8 nitrogen and oxygen atoms in total. The zero-order valence-corrected chi connectivity index (χ0v) is 18.5. The summed E-state index contributed by atoms with van der Waals surface area (Å²) < 4.78 is 5.01. The molecule has 0 spiro atoms. The van der Waals surface area contributed by atoms with Crippen LogP contribution in [0.1, 0.15) is 44.9 Å². The molecule has 1 aromatic carbocycles. The van der Waals surface area contributed by atoms with Crippen LogP contribution in [0.15, 0.2) is 29.2 Å². The Bertz CT molecular complexity index is 929. The second-order valence-electron chi connectivity index (χ2n) is 9.66. The van der Waals surface area contributed by atoms with E-state index in [4.69, 9.17) is 4.74 Å². The summed E-state index contributed by atoms with van der Waals surface area (Å²) in [5.41, 5.74) is 0.522. The molecule has 5 aliphatic rings. The predicted molar refractivity (Wildman–Crippen MR) is 118 cm³/mol. The van der Waals surface area contributed by atoms with Gasteiger partial charge in [-0.15, -0.1) is 11.8 Å². The van der Waals surface area contributed by atoms with Gasteiger partial charge in [0.25, 0.3) is 5.91 Å². The number of hydrogen-bond acceptors (Lipinski definition) is 6. The first-order chi connectivity index (χ1) is 15.4. The van der Waals surface area contributed by atoms with Crippen molar-refractivity contribution < 1.29 is 23.9 Å². The Morgan fingerprint density at radius 3 is 2.41 bits per heavy atom. The van der Waals surface area contributed by atoms with Crippen LogP contribution in [0, 0.1) is 17.8 Å². The maximum absolute atomic E-state index is 12.4. The molecule has 0 aromatic heterocycles. The number of rotatable bonds is 5. The average molecular weight is 458 g/mol. The molecular weight excluding hydrogens is 430 g/mol. The number of imide groups is 1. The summed E-state index contributed by atoms with van der Waals surface area (Å²) in [6, 6.07) is 6.83. The fourth-order valence-corrected chi connectivity index (χ4v) is 7.38. The Labute approximate surface area is 190 Å². The van der Waals surface area contributed by atoms with Crippen molar-refractivity contribution in [2.75, 3.05) is 11.9 Å². The van der Waals surface area contributed by atoms with Crippen molar-refractivity contribution >= 4 is 41.3 Å². The van der Waals surface area contributed by atoms with Gasteiger partial charge in [0.2, 0.25) is 5.91 Å². The minimum absolute atomic E-state index is 0.155. The van der Waals surface area contributed by atoms with Gasteiger partial charge in [0.05, 0.1) is 17.4 Å². The SMILES string of the molecule is O=C(COC(=O)CC1Sc2ccccc2NC1=O)NC(=O)NC12CC3CC(CC(C3)C1)C2. The van der Waals surface area contributed by atoms with Crippen molar-refractivity contribution in [3.8, 4) is 0 Å². The molecule has 170 valence electrons. The van der Waals surface area contributed by atoms with Crippen LogP contribution in [0.25, 0.3) is 0 Å². The number of carbonyl (C=O) groups is 4. The first kappa shape index (κ1) is 21.3. The maximum Gasteiger partial charge on any atom is 0.321 e. The van der Waals surface area contributed by atoms with E-state index in [0.717, 1.165) is 29.8 Å². The van der Waals surface area contributed by atoms with Gasteiger partial charge >= 0.3 is 12.0 Å². The van der Waals surface area contributed by atoms with Gasteiger partial charge in [-0.2, -0.15) is 0 Å². The summed E-state index contributed by atoms with van der Waals surface area (Å²) >= 11 is 1.29. The summed E-state index contributed by atoms with van der Waals surface area (Å²) in [6.07, 6.45) is 6.60. The Balaban J connectivity index is 1.07. The highest BCUT2D eigenvalue weighted by atomic mass is 32.2. The first-order valence-electron chi connectivity index (χ1n) is 11.2. The van der Waals surface area contributed by atoms with Crippen molar-refractivity contribution in [3.05, 3.63) is 24.3 Å². The molecule has 4 aliphatic carbocycles. The molecule has 4 saturated carbocycles. The highest BCUT2D eigenvalue weighted by Gasteiger charge is 2.51. The van der Waals surface area contributed by atoms with E-state index in [2.05, 4.69) is 16.0 Å². The number of urea groups is 1. The fourth-order valence-electron chi connectivity index (χ4n) is 6.28.